The number of thioether (sulfide) groups is 1. The van der Waals surface area contributed by atoms with Crippen LogP contribution in [0, 0.1) is 13.8 Å². The molecule has 3 aromatic heterocycles. The molecule has 0 aliphatic carbocycles. The van der Waals surface area contributed by atoms with Gasteiger partial charge >= 0.3 is 0 Å². The molecular weight excluding hydrogens is 492 g/mol. The number of hydrogen-bond donors (Lipinski definition) is 0. The summed E-state index contributed by atoms with van der Waals surface area (Å²) in [7, 11) is 0. The molecule has 1 aliphatic heterocycles. The van der Waals surface area contributed by atoms with E-state index < -0.39 is 0 Å². The zero-order chi connectivity index (χ0) is 21.8. The van der Waals surface area contributed by atoms with Gasteiger partial charge in [-0.05, 0) is 57.0 Å². The third-order valence-corrected chi connectivity index (χ3v) is 8.05. The van der Waals surface area contributed by atoms with E-state index >= 15 is 0 Å². The van der Waals surface area contributed by atoms with E-state index in [2.05, 4.69) is 65.2 Å². The van der Waals surface area contributed by atoms with Crippen molar-refractivity contribution < 1.29 is 4.74 Å². The molecule has 0 atom stereocenters. The summed E-state index contributed by atoms with van der Waals surface area (Å²) in [5.41, 5.74) is 4.43. The van der Waals surface area contributed by atoms with Crippen molar-refractivity contribution >= 4 is 49.2 Å². The number of hydrogen-bond acceptors (Lipinski definition) is 6. The maximum absolute atomic E-state index is 6.07. The van der Waals surface area contributed by atoms with Crippen LogP contribution in [0.2, 0.25) is 0 Å². The number of aromatic nitrogens is 4. The van der Waals surface area contributed by atoms with E-state index in [9.17, 15) is 0 Å². The molecule has 0 amide bonds. The number of nitrogens with zero attached hydrogens (tertiary/aromatic N) is 4. The van der Waals surface area contributed by atoms with E-state index in [1.54, 1.807) is 23.1 Å². The summed E-state index contributed by atoms with van der Waals surface area (Å²) in [5.74, 6) is 1.48. The predicted octanol–water partition coefficient (Wildman–Crippen LogP) is 6.40. The molecule has 4 heterocycles. The van der Waals surface area contributed by atoms with Crippen molar-refractivity contribution in [2.24, 2.45) is 0 Å². The number of fused-ring (bicyclic) bond motifs is 3. The molecule has 1 aromatic carbocycles. The van der Waals surface area contributed by atoms with Gasteiger partial charge in [-0.2, -0.15) is 10.1 Å². The van der Waals surface area contributed by atoms with Crippen LogP contribution in [0.3, 0.4) is 0 Å². The van der Waals surface area contributed by atoms with E-state index in [0.29, 0.717) is 12.6 Å². The molecule has 0 fully saturated rings. The van der Waals surface area contributed by atoms with E-state index in [4.69, 9.17) is 14.7 Å². The summed E-state index contributed by atoms with van der Waals surface area (Å²) in [6.07, 6.45) is 0.872. The second-order valence-corrected chi connectivity index (χ2v) is 11.5. The minimum Gasteiger partial charge on any atom is -0.370 e. The normalized spacial score (nSPS) is 15.4. The maximum atomic E-state index is 6.07. The molecule has 0 unspecified atom stereocenters. The molecule has 0 N–H and O–H groups in total. The van der Waals surface area contributed by atoms with Gasteiger partial charge in [0.2, 0.25) is 0 Å². The second-order valence-electron chi connectivity index (χ2n) is 8.49. The number of benzene rings is 1. The van der Waals surface area contributed by atoms with E-state index in [1.165, 1.54) is 21.4 Å². The Labute approximate surface area is 198 Å². The highest BCUT2D eigenvalue weighted by Gasteiger charge is 2.31. The number of rotatable bonds is 4. The average molecular weight is 516 g/mol. The summed E-state index contributed by atoms with van der Waals surface area (Å²) in [4.78, 5) is 12.2. The number of ether oxygens (including phenoxy) is 1. The molecule has 8 heteroatoms. The van der Waals surface area contributed by atoms with Crippen molar-refractivity contribution in [2.75, 3.05) is 0 Å². The molecular formula is C23H23BrN4OS2. The van der Waals surface area contributed by atoms with Gasteiger partial charge in [-0.25, -0.2) is 9.67 Å². The summed E-state index contributed by atoms with van der Waals surface area (Å²) in [6, 6.07) is 10.5. The Hall–Kier alpha value is -1.74. The van der Waals surface area contributed by atoms with Crippen LogP contribution in [0.1, 0.15) is 41.2 Å². The SMILES string of the molecule is Cc1cc(C)n(-c2nc(SCc3ccc(Br)cc3)c3c4c(sc3n2)COC(C)(C)C4)n1. The Bertz CT molecular complexity index is 1280. The highest BCUT2D eigenvalue weighted by atomic mass is 79.9. The fourth-order valence-electron chi connectivity index (χ4n) is 3.86. The number of aryl methyl sites for hydroxylation is 2. The zero-order valence-corrected chi connectivity index (χ0v) is 21.1. The third kappa shape index (κ3) is 4.18. The molecule has 1 aliphatic rings. The highest BCUT2D eigenvalue weighted by Crippen LogP contribution is 2.42. The minimum atomic E-state index is -0.178. The fourth-order valence-corrected chi connectivity index (χ4v) is 6.30. The van der Waals surface area contributed by atoms with E-state index in [-0.39, 0.29) is 5.60 Å². The van der Waals surface area contributed by atoms with Gasteiger partial charge in [-0.15, -0.1) is 23.1 Å². The quantitative estimate of drug-likeness (QED) is 0.233. The first-order chi connectivity index (χ1) is 14.8. The largest absolute Gasteiger partial charge is 0.370 e. The van der Waals surface area contributed by atoms with Crippen molar-refractivity contribution in [2.45, 2.75) is 57.1 Å². The Balaban J connectivity index is 1.63. The van der Waals surface area contributed by atoms with Gasteiger partial charge in [-0.3, -0.25) is 0 Å². The number of thiophene rings is 1. The molecule has 4 aromatic rings. The summed E-state index contributed by atoms with van der Waals surface area (Å²) < 4.78 is 9.01. The lowest BCUT2D eigenvalue weighted by atomic mass is 9.95. The van der Waals surface area contributed by atoms with Gasteiger partial charge in [0, 0.05) is 32.6 Å². The molecule has 0 radical (unpaired) electrons. The second kappa shape index (κ2) is 7.99. The molecule has 31 heavy (non-hydrogen) atoms. The molecule has 0 saturated carbocycles. The monoisotopic (exact) mass is 514 g/mol. The molecule has 5 nitrogen and oxygen atoms in total. The van der Waals surface area contributed by atoms with Crippen LogP contribution < -0.4 is 0 Å². The fraction of sp³-hybridized carbons (Fsp3) is 0.348. The first-order valence-electron chi connectivity index (χ1n) is 10.2. The Kier molecular flexibility index (Phi) is 5.45. The lowest BCUT2D eigenvalue weighted by molar-refractivity contribution is -0.0379. The van der Waals surface area contributed by atoms with Crippen LogP contribution >= 0.6 is 39.0 Å². The van der Waals surface area contributed by atoms with Gasteiger partial charge < -0.3 is 4.74 Å². The van der Waals surface area contributed by atoms with Crippen LogP contribution in [0.5, 0.6) is 0 Å². The molecule has 0 bridgehead atoms. The van der Waals surface area contributed by atoms with Gasteiger partial charge in [0.05, 0.1) is 17.9 Å². The van der Waals surface area contributed by atoms with E-state index in [1.807, 2.05) is 18.5 Å². The van der Waals surface area contributed by atoms with Gasteiger partial charge in [0.25, 0.3) is 5.95 Å². The summed E-state index contributed by atoms with van der Waals surface area (Å²) >= 11 is 7.01. The van der Waals surface area contributed by atoms with Crippen LogP contribution in [0.15, 0.2) is 39.8 Å². The third-order valence-electron chi connectivity index (χ3n) is 5.37. The van der Waals surface area contributed by atoms with Gasteiger partial charge in [0.1, 0.15) is 9.86 Å². The molecule has 5 rings (SSSR count). The average Bonchev–Trinajstić information content (AvgIpc) is 3.25. The van der Waals surface area contributed by atoms with Crippen molar-refractivity contribution in [3.63, 3.8) is 0 Å². The van der Waals surface area contributed by atoms with E-state index in [0.717, 1.165) is 37.9 Å². The Morgan fingerprint density at radius 2 is 1.97 bits per heavy atom. The standard InChI is InChI=1S/C23H23BrN4OS2/c1-13-9-14(2)28(27-13)22-25-20(30-12-15-5-7-16(24)8-6-15)19-17-10-23(3,4)29-11-18(17)31-21(19)26-22/h5-9H,10-12H2,1-4H3. The molecule has 0 saturated heterocycles. The van der Waals surface area contributed by atoms with Crippen LogP contribution in [0.25, 0.3) is 16.2 Å². The molecule has 0 spiro atoms. The smallest absolute Gasteiger partial charge is 0.253 e. The number of halogens is 1. The summed E-state index contributed by atoms with van der Waals surface area (Å²) in [5, 5.41) is 6.82. The van der Waals surface area contributed by atoms with Crippen molar-refractivity contribution in [3.05, 3.63) is 62.2 Å². The van der Waals surface area contributed by atoms with Crippen molar-refractivity contribution in [1.29, 1.82) is 0 Å². The first kappa shape index (κ1) is 21.1. The van der Waals surface area contributed by atoms with Crippen LogP contribution in [0.4, 0.5) is 0 Å². The topological polar surface area (TPSA) is 52.8 Å². The lowest BCUT2D eigenvalue weighted by Gasteiger charge is -2.30. The lowest BCUT2D eigenvalue weighted by Crippen LogP contribution is -2.31. The van der Waals surface area contributed by atoms with Gasteiger partial charge in [-0.1, -0.05) is 28.1 Å². The minimum absolute atomic E-state index is 0.178. The molecule has 160 valence electrons. The highest BCUT2D eigenvalue weighted by molar-refractivity contribution is 9.10. The van der Waals surface area contributed by atoms with Gasteiger partial charge in [0.15, 0.2) is 0 Å². The zero-order valence-electron chi connectivity index (χ0n) is 17.9. The van der Waals surface area contributed by atoms with Crippen LogP contribution in [-0.4, -0.2) is 25.3 Å². The first-order valence-corrected chi connectivity index (χ1v) is 12.8. The van der Waals surface area contributed by atoms with Crippen molar-refractivity contribution in [1.82, 2.24) is 19.7 Å². The Morgan fingerprint density at radius 1 is 1.19 bits per heavy atom. The van der Waals surface area contributed by atoms with Crippen molar-refractivity contribution in [3.8, 4) is 5.95 Å². The summed E-state index contributed by atoms with van der Waals surface area (Å²) in [6.45, 7) is 8.97. The van der Waals surface area contributed by atoms with Crippen LogP contribution in [-0.2, 0) is 23.5 Å². The maximum Gasteiger partial charge on any atom is 0.253 e. The predicted molar refractivity (Wildman–Crippen MR) is 130 cm³/mol. The Morgan fingerprint density at radius 3 is 2.68 bits per heavy atom.